The first-order valence-corrected chi connectivity index (χ1v) is 5.96. The molecule has 0 spiro atoms. The Morgan fingerprint density at radius 2 is 1.88 bits per heavy atom. The molecule has 1 N–H and O–H groups in total. The lowest BCUT2D eigenvalue weighted by Gasteiger charge is -2.15. The molecule has 2 rings (SSSR count). The molecular formula is C14H15NS. The van der Waals surface area contributed by atoms with Crippen LogP contribution in [0, 0.1) is 4.64 Å². The van der Waals surface area contributed by atoms with Gasteiger partial charge in [0.25, 0.3) is 0 Å². The van der Waals surface area contributed by atoms with Gasteiger partial charge in [0.05, 0.1) is 0 Å². The first-order valence-electron chi connectivity index (χ1n) is 5.55. The highest BCUT2D eigenvalue weighted by atomic mass is 32.1. The smallest absolute Gasteiger partial charge is 0.107 e. The fourth-order valence-electron chi connectivity index (χ4n) is 2.03. The van der Waals surface area contributed by atoms with Gasteiger partial charge in [-0.1, -0.05) is 55.5 Å². The molecule has 0 saturated heterocycles. The number of nitrogens with one attached hydrogen (secondary N) is 1. The predicted octanol–water partition coefficient (Wildman–Crippen LogP) is 4.29. The Morgan fingerprint density at radius 3 is 2.50 bits per heavy atom. The zero-order chi connectivity index (χ0) is 11.4. The highest BCUT2D eigenvalue weighted by Gasteiger charge is 2.12. The number of rotatable bonds is 3. The summed E-state index contributed by atoms with van der Waals surface area (Å²) in [4.78, 5) is 3.10. The van der Waals surface area contributed by atoms with Crippen molar-refractivity contribution in [2.45, 2.75) is 19.3 Å². The van der Waals surface area contributed by atoms with Gasteiger partial charge >= 0.3 is 0 Å². The topological polar surface area (TPSA) is 15.8 Å². The van der Waals surface area contributed by atoms with E-state index in [4.69, 9.17) is 12.2 Å². The van der Waals surface area contributed by atoms with E-state index in [1.54, 1.807) is 0 Å². The average Bonchev–Trinajstić information content (AvgIpc) is 2.34. The largest absolute Gasteiger partial charge is 0.353 e. The quantitative estimate of drug-likeness (QED) is 0.776. The number of aromatic amines is 1. The third-order valence-electron chi connectivity index (χ3n) is 2.83. The first kappa shape index (κ1) is 11.1. The van der Waals surface area contributed by atoms with E-state index in [1.807, 2.05) is 18.3 Å². The van der Waals surface area contributed by atoms with Gasteiger partial charge in [-0.3, -0.25) is 0 Å². The molecule has 0 radical (unpaired) electrons. The minimum Gasteiger partial charge on any atom is -0.353 e. The Balaban J connectivity index is 2.45. The van der Waals surface area contributed by atoms with Gasteiger partial charge < -0.3 is 4.98 Å². The molecule has 1 aromatic heterocycles. The number of hydrogen-bond donors (Lipinski definition) is 1. The van der Waals surface area contributed by atoms with Crippen molar-refractivity contribution in [1.29, 1.82) is 0 Å². The molecule has 0 aliphatic rings. The zero-order valence-electron chi connectivity index (χ0n) is 9.31. The van der Waals surface area contributed by atoms with Crippen molar-refractivity contribution < 1.29 is 0 Å². The second-order valence-corrected chi connectivity index (χ2v) is 4.23. The van der Waals surface area contributed by atoms with Gasteiger partial charge in [0.2, 0.25) is 0 Å². The number of pyridine rings is 1. The Morgan fingerprint density at radius 1 is 1.12 bits per heavy atom. The maximum Gasteiger partial charge on any atom is 0.107 e. The predicted molar refractivity (Wildman–Crippen MR) is 70.2 cm³/mol. The Labute approximate surface area is 101 Å². The van der Waals surface area contributed by atoms with E-state index in [0.29, 0.717) is 5.92 Å². The van der Waals surface area contributed by atoms with E-state index < -0.39 is 0 Å². The van der Waals surface area contributed by atoms with Crippen LogP contribution in [-0.4, -0.2) is 4.98 Å². The standard InChI is InChI=1S/C14H15NS/c1-2-12(11-7-4-3-5-8-11)13-9-6-10-15-14(13)16/h3-10,12H,2H2,1H3,(H,15,16). The lowest BCUT2D eigenvalue weighted by molar-refractivity contribution is 0.769. The minimum atomic E-state index is 0.395. The highest BCUT2D eigenvalue weighted by Crippen LogP contribution is 2.27. The van der Waals surface area contributed by atoms with E-state index in [9.17, 15) is 0 Å². The summed E-state index contributed by atoms with van der Waals surface area (Å²) in [5.41, 5.74) is 2.54. The summed E-state index contributed by atoms with van der Waals surface area (Å²) in [6.07, 6.45) is 2.94. The maximum atomic E-state index is 5.34. The van der Waals surface area contributed by atoms with Gasteiger partial charge in [-0.05, 0) is 23.6 Å². The fraction of sp³-hybridized carbons (Fsp3) is 0.214. The van der Waals surface area contributed by atoms with Crippen LogP contribution in [0.2, 0.25) is 0 Å². The molecule has 0 aliphatic heterocycles. The summed E-state index contributed by atoms with van der Waals surface area (Å²) < 4.78 is 0.846. The molecule has 82 valence electrons. The summed E-state index contributed by atoms with van der Waals surface area (Å²) in [5, 5.41) is 0. The third-order valence-corrected chi connectivity index (χ3v) is 3.19. The zero-order valence-corrected chi connectivity index (χ0v) is 10.1. The molecule has 1 unspecified atom stereocenters. The van der Waals surface area contributed by atoms with E-state index in [-0.39, 0.29) is 0 Å². The van der Waals surface area contributed by atoms with Crippen LogP contribution in [0.15, 0.2) is 48.7 Å². The van der Waals surface area contributed by atoms with E-state index in [1.165, 1.54) is 11.1 Å². The van der Waals surface area contributed by atoms with Crippen molar-refractivity contribution in [2.75, 3.05) is 0 Å². The Kier molecular flexibility index (Phi) is 3.52. The number of H-pyrrole nitrogens is 1. The van der Waals surface area contributed by atoms with Crippen LogP contribution in [0.4, 0.5) is 0 Å². The molecule has 2 heteroatoms. The van der Waals surface area contributed by atoms with Crippen LogP contribution >= 0.6 is 12.2 Å². The minimum absolute atomic E-state index is 0.395. The monoisotopic (exact) mass is 229 g/mol. The van der Waals surface area contributed by atoms with Crippen molar-refractivity contribution in [3.63, 3.8) is 0 Å². The molecule has 0 aliphatic carbocycles. The molecule has 1 atom stereocenters. The second-order valence-electron chi connectivity index (χ2n) is 3.83. The van der Waals surface area contributed by atoms with Crippen molar-refractivity contribution in [2.24, 2.45) is 0 Å². The van der Waals surface area contributed by atoms with Crippen molar-refractivity contribution in [1.82, 2.24) is 4.98 Å². The Hall–Kier alpha value is -1.41. The number of benzene rings is 1. The number of hydrogen-bond acceptors (Lipinski definition) is 1. The van der Waals surface area contributed by atoms with Crippen LogP contribution in [0.25, 0.3) is 0 Å². The molecule has 16 heavy (non-hydrogen) atoms. The lowest BCUT2D eigenvalue weighted by Crippen LogP contribution is -2.00. The Bertz CT molecular complexity index is 501. The maximum absolute atomic E-state index is 5.34. The second kappa shape index (κ2) is 5.08. The summed E-state index contributed by atoms with van der Waals surface area (Å²) in [6, 6.07) is 14.6. The molecule has 0 bridgehead atoms. The number of aromatic nitrogens is 1. The summed E-state index contributed by atoms with van der Waals surface area (Å²) in [5.74, 6) is 0.395. The molecule has 0 saturated carbocycles. The third kappa shape index (κ3) is 2.22. The first-order chi connectivity index (χ1) is 7.83. The van der Waals surface area contributed by atoms with E-state index >= 15 is 0 Å². The van der Waals surface area contributed by atoms with Crippen LogP contribution < -0.4 is 0 Å². The lowest BCUT2D eigenvalue weighted by atomic mass is 9.90. The molecule has 1 nitrogen and oxygen atoms in total. The van der Waals surface area contributed by atoms with Gasteiger partial charge in [0.15, 0.2) is 0 Å². The normalized spacial score (nSPS) is 12.3. The van der Waals surface area contributed by atoms with Gasteiger partial charge in [-0.25, -0.2) is 0 Å². The SMILES string of the molecule is CCC(c1ccccc1)c1ccc[nH]c1=S. The summed E-state index contributed by atoms with van der Waals surface area (Å²) in [6.45, 7) is 2.19. The summed E-state index contributed by atoms with van der Waals surface area (Å²) in [7, 11) is 0. The molecule has 0 amide bonds. The van der Waals surface area contributed by atoms with Crippen molar-refractivity contribution >= 4 is 12.2 Å². The van der Waals surface area contributed by atoms with Crippen LogP contribution in [0.3, 0.4) is 0 Å². The van der Waals surface area contributed by atoms with E-state index in [2.05, 4.69) is 42.2 Å². The highest BCUT2D eigenvalue weighted by molar-refractivity contribution is 7.71. The van der Waals surface area contributed by atoms with Crippen LogP contribution in [0.1, 0.15) is 30.4 Å². The van der Waals surface area contributed by atoms with Crippen LogP contribution in [0.5, 0.6) is 0 Å². The van der Waals surface area contributed by atoms with Gasteiger partial charge in [-0.15, -0.1) is 0 Å². The molecular weight excluding hydrogens is 214 g/mol. The van der Waals surface area contributed by atoms with Gasteiger partial charge in [0, 0.05) is 12.1 Å². The average molecular weight is 229 g/mol. The summed E-state index contributed by atoms with van der Waals surface area (Å²) >= 11 is 5.34. The van der Waals surface area contributed by atoms with Gasteiger partial charge in [-0.2, -0.15) is 0 Å². The van der Waals surface area contributed by atoms with Crippen molar-refractivity contribution in [3.05, 3.63) is 64.4 Å². The van der Waals surface area contributed by atoms with Crippen molar-refractivity contribution in [3.8, 4) is 0 Å². The molecule has 0 fully saturated rings. The molecule has 2 aromatic rings. The van der Waals surface area contributed by atoms with Gasteiger partial charge in [0.1, 0.15) is 4.64 Å². The van der Waals surface area contributed by atoms with Crippen LogP contribution in [-0.2, 0) is 0 Å². The fourth-order valence-corrected chi connectivity index (χ4v) is 2.31. The van der Waals surface area contributed by atoms with E-state index in [0.717, 1.165) is 11.1 Å². The molecule has 1 heterocycles. The molecule has 1 aromatic carbocycles.